The molecule has 12 heteroatoms. The summed E-state index contributed by atoms with van der Waals surface area (Å²) in [5.74, 6) is -2.60. The number of hydrogen-bond donors (Lipinski definition) is 2. The fourth-order valence-electron chi connectivity index (χ4n) is 2.41. The third-order valence-electron chi connectivity index (χ3n) is 3.82. The standard InChI is InChI=1S/C20H13ClF4N4O3/c21-13-7-11(9-27-19(13)32-10-20(23,24)25)17(30)29-16-8-12(22)4-5-14(16)28-18(31)15-3-1-2-6-26-15/h1-9H,10H2,(H,28,31)(H,29,30). The molecule has 166 valence electrons. The predicted molar refractivity (Wildman–Crippen MR) is 107 cm³/mol. The lowest BCUT2D eigenvalue weighted by Crippen LogP contribution is -2.20. The lowest BCUT2D eigenvalue weighted by Gasteiger charge is -2.13. The number of benzene rings is 1. The number of carbonyl (C=O) groups is 2. The molecule has 0 saturated heterocycles. The highest BCUT2D eigenvalue weighted by atomic mass is 35.5. The van der Waals surface area contributed by atoms with Gasteiger partial charge in [0.2, 0.25) is 5.88 Å². The van der Waals surface area contributed by atoms with Crippen LogP contribution >= 0.6 is 11.6 Å². The van der Waals surface area contributed by atoms with Crippen LogP contribution in [0.25, 0.3) is 0 Å². The molecule has 0 aliphatic carbocycles. The van der Waals surface area contributed by atoms with Gasteiger partial charge in [-0.25, -0.2) is 9.37 Å². The number of carbonyl (C=O) groups excluding carboxylic acids is 2. The maximum Gasteiger partial charge on any atom is 0.422 e. The first kappa shape index (κ1) is 22.9. The van der Waals surface area contributed by atoms with Gasteiger partial charge in [-0.3, -0.25) is 14.6 Å². The zero-order chi connectivity index (χ0) is 23.3. The van der Waals surface area contributed by atoms with Crippen molar-refractivity contribution in [2.75, 3.05) is 17.2 Å². The maximum absolute atomic E-state index is 13.7. The molecule has 2 amide bonds. The maximum atomic E-state index is 13.7. The van der Waals surface area contributed by atoms with E-state index in [0.717, 1.165) is 24.4 Å². The molecule has 0 unspecified atom stereocenters. The Morgan fingerprint density at radius 2 is 1.75 bits per heavy atom. The highest BCUT2D eigenvalue weighted by Crippen LogP contribution is 2.27. The molecule has 3 rings (SSSR count). The Kier molecular flexibility index (Phi) is 6.89. The topological polar surface area (TPSA) is 93.2 Å². The van der Waals surface area contributed by atoms with Crippen molar-refractivity contribution >= 4 is 34.8 Å². The Hall–Kier alpha value is -3.73. The molecule has 32 heavy (non-hydrogen) atoms. The molecule has 1 aromatic carbocycles. The number of halogens is 5. The summed E-state index contributed by atoms with van der Waals surface area (Å²) in [6, 6.07) is 9.03. The van der Waals surface area contributed by atoms with Crippen LogP contribution in [0, 0.1) is 5.82 Å². The molecule has 0 fully saturated rings. The predicted octanol–water partition coefficient (Wildman–Crippen LogP) is 4.71. The third-order valence-corrected chi connectivity index (χ3v) is 4.09. The summed E-state index contributed by atoms with van der Waals surface area (Å²) in [5, 5.41) is 4.58. The summed E-state index contributed by atoms with van der Waals surface area (Å²) in [6.45, 7) is -1.60. The smallest absolute Gasteiger partial charge is 0.422 e. The molecular weight excluding hydrogens is 456 g/mol. The van der Waals surface area contributed by atoms with E-state index >= 15 is 0 Å². The molecule has 2 heterocycles. The molecule has 0 saturated carbocycles. The van der Waals surface area contributed by atoms with Crippen molar-refractivity contribution in [3.63, 3.8) is 0 Å². The van der Waals surface area contributed by atoms with Gasteiger partial charge in [-0.05, 0) is 36.4 Å². The third kappa shape index (κ3) is 6.14. The molecule has 0 aliphatic rings. The zero-order valence-corrected chi connectivity index (χ0v) is 16.7. The van der Waals surface area contributed by atoms with Crippen LogP contribution in [0.5, 0.6) is 5.88 Å². The summed E-state index contributed by atoms with van der Waals surface area (Å²) in [6.07, 6.45) is -2.23. The number of hydrogen-bond acceptors (Lipinski definition) is 5. The number of nitrogens with zero attached hydrogens (tertiary/aromatic N) is 2. The Labute approximate surface area is 183 Å². The van der Waals surface area contributed by atoms with E-state index in [0.29, 0.717) is 0 Å². The highest BCUT2D eigenvalue weighted by Gasteiger charge is 2.29. The van der Waals surface area contributed by atoms with Crippen LogP contribution in [-0.2, 0) is 0 Å². The zero-order valence-electron chi connectivity index (χ0n) is 15.9. The Bertz CT molecular complexity index is 1140. The quantitative estimate of drug-likeness (QED) is 0.511. The van der Waals surface area contributed by atoms with Gasteiger partial charge < -0.3 is 15.4 Å². The van der Waals surface area contributed by atoms with Gasteiger partial charge in [-0.15, -0.1) is 0 Å². The van der Waals surface area contributed by atoms with E-state index in [4.69, 9.17) is 11.6 Å². The van der Waals surface area contributed by atoms with Crippen LogP contribution in [0.2, 0.25) is 5.02 Å². The van der Waals surface area contributed by atoms with E-state index in [1.807, 2.05) is 0 Å². The molecular formula is C20H13ClF4N4O3. The average Bonchev–Trinajstić information content (AvgIpc) is 2.74. The van der Waals surface area contributed by atoms with E-state index in [1.54, 1.807) is 12.1 Å². The largest absolute Gasteiger partial charge is 0.467 e. The molecule has 2 aromatic heterocycles. The second-order valence-corrected chi connectivity index (χ2v) is 6.64. The van der Waals surface area contributed by atoms with Gasteiger partial charge in [0.15, 0.2) is 6.61 Å². The van der Waals surface area contributed by atoms with Crippen LogP contribution in [-0.4, -0.2) is 34.6 Å². The second kappa shape index (κ2) is 9.60. The molecule has 7 nitrogen and oxygen atoms in total. The van der Waals surface area contributed by atoms with Crippen molar-refractivity contribution in [1.82, 2.24) is 9.97 Å². The number of nitrogens with one attached hydrogen (secondary N) is 2. The number of ether oxygens (including phenoxy) is 1. The van der Waals surface area contributed by atoms with E-state index in [-0.39, 0.29) is 27.7 Å². The number of rotatable bonds is 6. The number of aromatic nitrogens is 2. The van der Waals surface area contributed by atoms with Crippen molar-refractivity contribution in [2.45, 2.75) is 6.18 Å². The Morgan fingerprint density at radius 1 is 1.00 bits per heavy atom. The molecule has 2 N–H and O–H groups in total. The fourth-order valence-corrected chi connectivity index (χ4v) is 2.63. The van der Waals surface area contributed by atoms with E-state index in [1.165, 1.54) is 18.3 Å². The SMILES string of the molecule is O=C(Nc1cc(F)ccc1NC(=O)c1ccccn1)c1cnc(OCC(F)(F)F)c(Cl)c1. The first-order chi connectivity index (χ1) is 15.1. The molecule has 0 aliphatic heterocycles. The van der Waals surface area contributed by atoms with Crippen molar-refractivity contribution in [1.29, 1.82) is 0 Å². The van der Waals surface area contributed by atoms with Gasteiger partial charge >= 0.3 is 6.18 Å². The fraction of sp³-hybridized carbons (Fsp3) is 0.100. The Morgan fingerprint density at radius 3 is 2.41 bits per heavy atom. The van der Waals surface area contributed by atoms with Gasteiger partial charge in [0.1, 0.15) is 16.5 Å². The van der Waals surface area contributed by atoms with Crippen LogP contribution in [0.4, 0.5) is 28.9 Å². The monoisotopic (exact) mass is 468 g/mol. The highest BCUT2D eigenvalue weighted by molar-refractivity contribution is 6.32. The Balaban J connectivity index is 1.77. The van der Waals surface area contributed by atoms with Crippen LogP contribution in [0.1, 0.15) is 20.8 Å². The van der Waals surface area contributed by atoms with Gasteiger partial charge in [0.05, 0.1) is 16.9 Å². The minimum Gasteiger partial charge on any atom is -0.467 e. The van der Waals surface area contributed by atoms with Gasteiger partial charge in [-0.2, -0.15) is 13.2 Å². The summed E-state index contributed by atoms with van der Waals surface area (Å²) in [5.41, 5.74) is -0.0347. The molecule has 0 spiro atoms. The van der Waals surface area contributed by atoms with Gasteiger partial charge in [-0.1, -0.05) is 17.7 Å². The van der Waals surface area contributed by atoms with Crippen LogP contribution in [0.3, 0.4) is 0 Å². The summed E-state index contributed by atoms with van der Waals surface area (Å²) in [7, 11) is 0. The number of pyridine rings is 2. The van der Waals surface area contributed by atoms with Crippen LogP contribution < -0.4 is 15.4 Å². The normalized spacial score (nSPS) is 11.0. The molecule has 0 bridgehead atoms. The lowest BCUT2D eigenvalue weighted by atomic mass is 10.2. The van der Waals surface area contributed by atoms with Gasteiger partial charge in [0.25, 0.3) is 11.8 Å². The van der Waals surface area contributed by atoms with E-state index in [9.17, 15) is 27.2 Å². The summed E-state index contributed by atoms with van der Waals surface area (Å²) >= 11 is 5.84. The molecule has 3 aromatic rings. The van der Waals surface area contributed by atoms with Gasteiger partial charge in [0, 0.05) is 12.4 Å². The van der Waals surface area contributed by atoms with E-state index in [2.05, 4.69) is 25.3 Å². The summed E-state index contributed by atoms with van der Waals surface area (Å²) in [4.78, 5) is 32.4. The lowest BCUT2D eigenvalue weighted by molar-refractivity contribution is -0.154. The molecule has 0 radical (unpaired) electrons. The van der Waals surface area contributed by atoms with E-state index < -0.39 is 36.3 Å². The minimum absolute atomic E-state index is 0.0761. The average molecular weight is 469 g/mol. The van der Waals surface area contributed by atoms with Crippen molar-refractivity contribution in [2.24, 2.45) is 0 Å². The number of anilines is 2. The number of alkyl halides is 3. The first-order valence-corrected chi connectivity index (χ1v) is 9.18. The van der Waals surface area contributed by atoms with Crippen molar-refractivity contribution in [3.8, 4) is 5.88 Å². The van der Waals surface area contributed by atoms with Crippen molar-refractivity contribution < 1.29 is 31.9 Å². The number of amides is 2. The molecule has 0 atom stereocenters. The second-order valence-electron chi connectivity index (χ2n) is 6.23. The minimum atomic E-state index is -4.59. The van der Waals surface area contributed by atoms with Crippen LogP contribution in [0.15, 0.2) is 54.9 Å². The first-order valence-electron chi connectivity index (χ1n) is 8.81. The summed E-state index contributed by atoms with van der Waals surface area (Å²) < 4.78 is 55.0. The van der Waals surface area contributed by atoms with Crippen molar-refractivity contribution in [3.05, 3.63) is 77.0 Å².